The number of carbonyl (C=O) groups is 2. The number of nitrogens with one attached hydrogen (secondary N) is 2. The molecule has 1 aromatic heterocycles. The summed E-state index contributed by atoms with van der Waals surface area (Å²) >= 11 is 0. The highest BCUT2D eigenvalue weighted by atomic mass is 16.4. The summed E-state index contributed by atoms with van der Waals surface area (Å²) in [5.74, 6) is -1.36. The van der Waals surface area contributed by atoms with Gasteiger partial charge in [-0.05, 0) is 25.7 Å². The summed E-state index contributed by atoms with van der Waals surface area (Å²) in [5, 5.41) is 48.9. The van der Waals surface area contributed by atoms with Crippen LogP contribution in [0.25, 0.3) is 0 Å². The molecule has 1 saturated carbocycles. The first-order valence-electron chi connectivity index (χ1n) is 8.29. The summed E-state index contributed by atoms with van der Waals surface area (Å²) in [6, 6.07) is -1.17. The van der Waals surface area contributed by atoms with Crippen molar-refractivity contribution in [1.29, 1.82) is 5.26 Å². The molecule has 1 aliphatic carbocycles. The normalized spacial score (nSPS) is 24.8. The van der Waals surface area contributed by atoms with Crippen molar-refractivity contribution >= 4 is 12.0 Å². The zero-order valence-corrected chi connectivity index (χ0v) is 14.6. The van der Waals surface area contributed by atoms with Crippen LogP contribution >= 0.6 is 0 Å². The van der Waals surface area contributed by atoms with Gasteiger partial charge in [0.2, 0.25) is 11.8 Å². The number of nitrogens with zero attached hydrogens (tertiary/aromatic N) is 3. The molecule has 1 aliphatic rings. The van der Waals surface area contributed by atoms with Crippen molar-refractivity contribution in [3.63, 3.8) is 0 Å². The second kappa shape index (κ2) is 8.30. The summed E-state index contributed by atoms with van der Waals surface area (Å²) in [6.45, 7) is 0.829. The van der Waals surface area contributed by atoms with Gasteiger partial charge in [0, 0.05) is 6.42 Å². The number of carboxylic acid groups (broad SMARTS) is 1. The topological polar surface area (TPSA) is 208 Å². The first-order valence-corrected chi connectivity index (χ1v) is 8.29. The fourth-order valence-corrected chi connectivity index (χ4v) is 2.97. The fourth-order valence-electron chi connectivity index (χ4n) is 2.97. The molecule has 1 heterocycles. The minimum Gasteiger partial charge on any atom is -0.480 e. The number of urea groups is 1. The Balaban J connectivity index is 2.17. The summed E-state index contributed by atoms with van der Waals surface area (Å²) in [6.07, 6.45) is -0.380. The van der Waals surface area contributed by atoms with Gasteiger partial charge in [-0.1, -0.05) is 0 Å². The van der Waals surface area contributed by atoms with Crippen LogP contribution in [0, 0.1) is 17.2 Å². The van der Waals surface area contributed by atoms with E-state index in [0.29, 0.717) is 12.8 Å². The highest BCUT2D eigenvalue weighted by molar-refractivity contribution is 5.83. The van der Waals surface area contributed by atoms with Crippen LogP contribution in [0.15, 0.2) is 4.42 Å². The SMILES string of the molecule is C[C@H](O)[C@H](NC(=O)NC1(c2nnc([C@H](N)CO)o2)CC(CC#N)C1)C(=O)O. The van der Waals surface area contributed by atoms with Gasteiger partial charge in [-0.3, -0.25) is 0 Å². The minimum atomic E-state index is -1.50. The Labute approximate surface area is 154 Å². The Morgan fingerprint density at radius 1 is 1.48 bits per heavy atom. The quantitative estimate of drug-likeness (QED) is 0.313. The number of aliphatic hydroxyl groups excluding tert-OH is 2. The number of amides is 2. The number of aliphatic hydroxyl groups is 2. The largest absolute Gasteiger partial charge is 0.480 e. The van der Waals surface area contributed by atoms with E-state index in [-0.39, 0.29) is 24.1 Å². The minimum absolute atomic E-state index is 0.00907. The number of carbonyl (C=O) groups excluding carboxylic acids is 1. The fraction of sp³-hybridized carbons (Fsp3) is 0.667. The van der Waals surface area contributed by atoms with Crippen molar-refractivity contribution < 1.29 is 29.3 Å². The third kappa shape index (κ3) is 4.51. The molecule has 0 spiro atoms. The number of hydrogen-bond acceptors (Lipinski definition) is 9. The number of aliphatic carboxylic acids is 1. The van der Waals surface area contributed by atoms with E-state index >= 15 is 0 Å². The van der Waals surface area contributed by atoms with Gasteiger partial charge in [-0.15, -0.1) is 10.2 Å². The number of carboxylic acids is 1. The number of hydrogen-bond donors (Lipinski definition) is 6. The van der Waals surface area contributed by atoms with E-state index < -0.39 is 42.3 Å². The maximum atomic E-state index is 12.3. The molecule has 1 fully saturated rings. The van der Waals surface area contributed by atoms with Gasteiger partial charge in [0.1, 0.15) is 11.6 Å². The van der Waals surface area contributed by atoms with E-state index in [4.69, 9.17) is 25.6 Å². The number of nitriles is 1. The molecule has 2 rings (SSSR count). The maximum absolute atomic E-state index is 12.3. The summed E-state index contributed by atoms with van der Waals surface area (Å²) < 4.78 is 5.47. The third-order valence-corrected chi connectivity index (χ3v) is 4.41. The van der Waals surface area contributed by atoms with E-state index in [9.17, 15) is 14.7 Å². The second-order valence-electron chi connectivity index (χ2n) is 6.61. The molecule has 3 atom stereocenters. The molecular weight excluding hydrogens is 360 g/mol. The lowest BCUT2D eigenvalue weighted by molar-refractivity contribution is -0.141. The van der Waals surface area contributed by atoms with Crippen LogP contribution in [0.2, 0.25) is 0 Å². The molecule has 0 bridgehead atoms. The molecular formula is C15H22N6O6. The highest BCUT2D eigenvalue weighted by Crippen LogP contribution is 2.46. The van der Waals surface area contributed by atoms with Crippen LogP contribution in [-0.4, -0.2) is 56.3 Å². The van der Waals surface area contributed by atoms with E-state index in [0.717, 1.165) is 0 Å². The molecule has 148 valence electrons. The molecule has 27 heavy (non-hydrogen) atoms. The molecule has 0 aliphatic heterocycles. The molecule has 2 amide bonds. The van der Waals surface area contributed by atoms with Gasteiger partial charge in [-0.2, -0.15) is 5.26 Å². The molecule has 12 nitrogen and oxygen atoms in total. The first kappa shape index (κ1) is 20.6. The van der Waals surface area contributed by atoms with Gasteiger partial charge in [0.05, 0.1) is 18.8 Å². The number of nitrogens with two attached hydrogens (primary N) is 1. The predicted octanol–water partition coefficient (Wildman–Crippen LogP) is -1.29. The van der Waals surface area contributed by atoms with Crippen molar-refractivity contribution in [2.75, 3.05) is 6.61 Å². The van der Waals surface area contributed by atoms with E-state index in [2.05, 4.69) is 20.8 Å². The third-order valence-electron chi connectivity index (χ3n) is 4.41. The Kier molecular flexibility index (Phi) is 6.32. The Morgan fingerprint density at radius 3 is 2.67 bits per heavy atom. The van der Waals surface area contributed by atoms with Gasteiger partial charge < -0.3 is 36.1 Å². The van der Waals surface area contributed by atoms with Gasteiger partial charge in [0.25, 0.3) is 0 Å². The molecule has 0 aromatic carbocycles. The van der Waals surface area contributed by atoms with Crippen LogP contribution in [0.3, 0.4) is 0 Å². The molecule has 1 aromatic rings. The van der Waals surface area contributed by atoms with Crippen LogP contribution in [0.4, 0.5) is 4.79 Å². The van der Waals surface area contributed by atoms with Gasteiger partial charge >= 0.3 is 12.0 Å². The molecule has 0 saturated heterocycles. The standard InChI is InChI=1S/C15H22N6O6/c1-7(23)10(12(24)25)18-14(26)19-15(4-8(5-15)2-3-16)13-21-20-11(27-13)9(17)6-22/h7-10,22-23H,2,4-6,17H2,1H3,(H,24,25)(H2,18,19,26)/t7-,8?,9+,10-,15?/m0/s1. The van der Waals surface area contributed by atoms with Crippen molar-refractivity contribution in [2.24, 2.45) is 11.7 Å². The smallest absolute Gasteiger partial charge is 0.328 e. The first-order chi connectivity index (χ1) is 12.7. The highest BCUT2D eigenvalue weighted by Gasteiger charge is 2.51. The summed E-state index contributed by atoms with van der Waals surface area (Å²) in [7, 11) is 0. The summed E-state index contributed by atoms with van der Waals surface area (Å²) in [5.41, 5.74) is 4.55. The Morgan fingerprint density at radius 2 is 2.15 bits per heavy atom. The lowest BCUT2D eigenvalue weighted by Crippen LogP contribution is -2.60. The number of rotatable bonds is 8. The van der Waals surface area contributed by atoms with Gasteiger partial charge in [-0.25, -0.2) is 9.59 Å². The molecule has 0 unspecified atom stereocenters. The average Bonchev–Trinajstić information content (AvgIpc) is 3.06. The maximum Gasteiger partial charge on any atom is 0.328 e. The molecule has 0 radical (unpaired) electrons. The number of aromatic nitrogens is 2. The van der Waals surface area contributed by atoms with E-state index in [1.807, 2.05) is 6.07 Å². The van der Waals surface area contributed by atoms with Crippen LogP contribution < -0.4 is 16.4 Å². The van der Waals surface area contributed by atoms with E-state index in [1.165, 1.54) is 6.92 Å². The van der Waals surface area contributed by atoms with Crippen molar-refractivity contribution in [3.8, 4) is 6.07 Å². The summed E-state index contributed by atoms with van der Waals surface area (Å²) in [4.78, 5) is 23.4. The van der Waals surface area contributed by atoms with Crippen LogP contribution in [0.1, 0.15) is 44.0 Å². The van der Waals surface area contributed by atoms with Crippen LogP contribution in [-0.2, 0) is 10.3 Å². The molecule has 7 N–H and O–H groups in total. The lowest BCUT2D eigenvalue weighted by atomic mass is 9.67. The monoisotopic (exact) mass is 382 g/mol. The molecule has 12 heteroatoms. The zero-order valence-electron chi connectivity index (χ0n) is 14.6. The van der Waals surface area contributed by atoms with Crippen molar-refractivity contribution in [1.82, 2.24) is 20.8 Å². The lowest BCUT2D eigenvalue weighted by Gasteiger charge is -2.44. The van der Waals surface area contributed by atoms with Gasteiger partial charge in [0.15, 0.2) is 6.04 Å². The average molecular weight is 382 g/mol. The van der Waals surface area contributed by atoms with Crippen molar-refractivity contribution in [2.45, 2.75) is 49.9 Å². The van der Waals surface area contributed by atoms with Crippen molar-refractivity contribution in [3.05, 3.63) is 11.8 Å². The van der Waals surface area contributed by atoms with Crippen LogP contribution in [0.5, 0.6) is 0 Å². The Hall–Kier alpha value is -2.75. The van der Waals surface area contributed by atoms with E-state index in [1.54, 1.807) is 0 Å². The second-order valence-corrected chi connectivity index (χ2v) is 6.61. The zero-order chi connectivity index (χ0) is 20.2. The Bertz CT molecular complexity index is 723. The predicted molar refractivity (Wildman–Crippen MR) is 87.7 cm³/mol.